The van der Waals surface area contributed by atoms with Crippen molar-refractivity contribution in [1.82, 2.24) is 19.9 Å². The molecule has 1 aromatic carbocycles. The van der Waals surface area contributed by atoms with Crippen LogP contribution in [-0.2, 0) is 4.79 Å². The van der Waals surface area contributed by atoms with E-state index in [1.165, 1.54) is 5.56 Å². The van der Waals surface area contributed by atoms with E-state index in [9.17, 15) is 9.59 Å². The molecule has 5 rings (SSSR count). The number of nitrogens with one attached hydrogen (secondary N) is 2. The number of methoxy groups -OCH3 is 1. The Morgan fingerprint density at radius 1 is 1.11 bits per heavy atom. The van der Waals surface area contributed by atoms with E-state index >= 15 is 0 Å². The molecule has 0 radical (unpaired) electrons. The Hall–Kier alpha value is -4.20. The number of piperidine rings is 1. The fourth-order valence-corrected chi connectivity index (χ4v) is 4.61. The number of carbonyl (C=O) groups is 1. The van der Waals surface area contributed by atoms with Crippen LogP contribution >= 0.6 is 0 Å². The summed E-state index contributed by atoms with van der Waals surface area (Å²) in [5, 5.41) is 4.63. The normalized spacial score (nSPS) is 14.2. The van der Waals surface area contributed by atoms with Gasteiger partial charge in [-0.05, 0) is 60.0 Å². The van der Waals surface area contributed by atoms with E-state index in [0.29, 0.717) is 28.7 Å². The van der Waals surface area contributed by atoms with E-state index in [4.69, 9.17) is 9.72 Å². The number of pyridine rings is 3. The van der Waals surface area contributed by atoms with Crippen molar-refractivity contribution >= 4 is 28.2 Å². The minimum Gasteiger partial charge on any atom is -0.481 e. The van der Waals surface area contributed by atoms with E-state index in [-0.39, 0.29) is 11.5 Å². The van der Waals surface area contributed by atoms with Gasteiger partial charge < -0.3 is 19.9 Å². The van der Waals surface area contributed by atoms with Gasteiger partial charge in [-0.1, -0.05) is 12.1 Å². The summed E-state index contributed by atoms with van der Waals surface area (Å²) in [5.41, 5.74) is 3.42. The third kappa shape index (κ3) is 4.73. The molecule has 8 heteroatoms. The lowest BCUT2D eigenvalue weighted by Gasteiger charge is -2.31. The van der Waals surface area contributed by atoms with Crippen molar-refractivity contribution in [3.05, 3.63) is 76.8 Å². The molecule has 0 spiro atoms. The fourth-order valence-electron chi connectivity index (χ4n) is 4.61. The first kappa shape index (κ1) is 22.6. The molecule has 4 heterocycles. The summed E-state index contributed by atoms with van der Waals surface area (Å²) in [5.74, 6) is 1.59. The minimum atomic E-state index is -0.203. The Balaban J connectivity index is 1.43. The van der Waals surface area contributed by atoms with Gasteiger partial charge in [0.25, 0.3) is 5.56 Å². The number of H-pyrrole nitrogens is 1. The fraction of sp³-hybridized carbons (Fsp3) is 0.259. The quantitative estimate of drug-likeness (QED) is 0.448. The van der Waals surface area contributed by atoms with Crippen LogP contribution in [-0.4, -0.2) is 46.0 Å². The van der Waals surface area contributed by atoms with Crippen LogP contribution in [0.3, 0.4) is 0 Å². The van der Waals surface area contributed by atoms with Crippen LogP contribution in [0.2, 0.25) is 0 Å². The lowest BCUT2D eigenvalue weighted by atomic mass is 9.89. The van der Waals surface area contributed by atoms with Crippen LogP contribution < -0.4 is 15.6 Å². The van der Waals surface area contributed by atoms with E-state index in [1.807, 2.05) is 35.2 Å². The van der Waals surface area contributed by atoms with Crippen LogP contribution in [0.25, 0.3) is 22.0 Å². The maximum absolute atomic E-state index is 12.7. The average molecular weight is 470 g/mol. The Kier molecular flexibility index (Phi) is 6.18. The molecule has 1 fully saturated rings. The number of aromatic nitrogens is 3. The molecule has 35 heavy (non-hydrogen) atoms. The number of rotatable bonds is 5. The maximum Gasteiger partial charge on any atom is 0.259 e. The van der Waals surface area contributed by atoms with Gasteiger partial charge in [0, 0.05) is 49.7 Å². The molecule has 0 aliphatic carbocycles. The maximum atomic E-state index is 12.7. The summed E-state index contributed by atoms with van der Waals surface area (Å²) in [6, 6.07) is 15.7. The van der Waals surface area contributed by atoms with E-state index in [1.54, 1.807) is 32.5 Å². The molecule has 3 aromatic heterocycles. The van der Waals surface area contributed by atoms with Crippen molar-refractivity contribution in [3.63, 3.8) is 0 Å². The van der Waals surface area contributed by atoms with Gasteiger partial charge in [0.15, 0.2) is 0 Å². The monoisotopic (exact) mass is 469 g/mol. The third-order valence-corrected chi connectivity index (χ3v) is 6.58. The Morgan fingerprint density at radius 2 is 1.89 bits per heavy atom. The van der Waals surface area contributed by atoms with Gasteiger partial charge in [-0.2, -0.15) is 0 Å². The molecule has 1 aliphatic rings. The summed E-state index contributed by atoms with van der Waals surface area (Å²) in [4.78, 5) is 38.0. The number of fused-ring (bicyclic) bond motifs is 1. The summed E-state index contributed by atoms with van der Waals surface area (Å²) < 4.78 is 5.16. The number of hydrogen-bond donors (Lipinski definition) is 2. The van der Waals surface area contributed by atoms with Crippen LogP contribution in [0.1, 0.15) is 31.2 Å². The highest BCUT2D eigenvalue weighted by molar-refractivity contribution is 5.95. The lowest BCUT2D eigenvalue weighted by Crippen LogP contribution is -2.36. The Bertz CT molecular complexity index is 1410. The first-order valence-electron chi connectivity index (χ1n) is 11.7. The number of anilines is 2. The van der Waals surface area contributed by atoms with Gasteiger partial charge in [-0.25, -0.2) is 9.97 Å². The number of amides is 1. The average Bonchev–Trinajstić information content (AvgIpc) is 2.89. The highest BCUT2D eigenvalue weighted by Crippen LogP contribution is 2.31. The summed E-state index contributed by atoms with van der Waals surface area (Å²) in [7, 11) is 1.57. The highest BCUT2D eigenvalue weighted by Gasteiger charge is 2.22. The molecule has 4 aromatic rings. The third-order valence-electron chi connectivity index (χ3n) is 6.58. The van der Waals surface area contributed by atoms with Crippen LogP contribution in [0.4, 0.5) is 11.5 Å². The van der Waals surface area contributed by atoms with Gasteiger partial charge in [0.2, 0.25) is 11.8 Å². The minimum absolute atomic E-state index is 0.144. The standard InChI is InChI=1S/C27H27N5O3/c1-17(33)32-13-10-19(11-14-32)18-3-6-22(7-4-18)30-26-25-20(9-12-28-27(25)34)15-23(31-26)21-5-8-24(35-2)29-16-21/h3-9,12,15-16,19H,10-11,13-14H2,1-2H3,(H,28,34)(H,30,31). The highest BCUT2D eigenvalue weighted by atomic mass is 16.5. The molecule has 0 unspecified atom stereocenters. The number of carbonyl (C=O) groups excluding carboxylic acids is 1. The summed E-state index contributed by atoms with van der Waals surface area (Å²) in [6.45, 7) is 3.22. The molecular weight excluding hydrogens is 442 g/mol. The van der Waals surface area contributed by atoms with Crippen molar-refractivity contribution < 1.29 is 9.53 Å². The van der Waals surface area contributed by atoms with Crippen molar-refractivity contribution in [2.75, 3.05) is 25.5 Å². The van der Waals surface area contributed by atoms with Gasteiger partial charge >= 0.3 is 0 Å². The van der Waals surface area contributed by atoms with Gasteiger partial charge in [-0.3, -0.25) is 9.59 Å². The number of benzene rings is 1. The second kappa shape index (κ2) is 9.58. The first-order valence-corrected chi connectivity index (χ1v) is 11.7. The molecule has 1 amide bonds. The lowest BCUT2D eigenvalue weighted by molar-refractivity contribution is -0.129. The molecule has 178 valence electrons. The second-order valence-electron chi connectivity index (χ2n) is 8.74. The first-order chi connectivity index (χ1) is 17.0. The van der Waals surface area contributed by atoms with E-state index in [0.717, 1.165) is 42.6 Å². The largest absolute Gasteiger partial charge is 0.481 e. The predicted octanol–water partition coefficient (Wildman–Crippen LogP) is 4.46. The molecule has 0 bridgehead atoms. The zero-order valence-corrected chi connectivity index (χ0v) is 19.7. The van der Waals surface area contributed by atoms with E-state index in [2.05, 4.69) is 27.4 Å². The van der Waals surface area contributed by atoms with Gasteiger partial charge in [-0.15, -0.1) is 0 Å². The SMILES string of the molecule is COc1ccc(-c2cc3cc[nH]c(=O)c3c(Nc3ccc(C4CCN(C(C)=O)CC4)cc3)n2)cn1. The topological polar surface area (TPSA) is 100 Å². The molecular formula is C27H27N5O3. The Labute approximate surface area is 203 Å². The molecule has 1 saturated heterocycles. The van der Waals surface area contributed by atoms with Crippen molar-refractivity contribution in [1.29, 1.82) is 0 Å². The molecule has 1 aliphatic heterocycles. The van der Waals surface area contributed by atoms with Crippen molar-refractivity contribution in [2.45, 2.75) is 25.7 Å². The van der Waals surface area contributed by atoms with Crippen LogP contribution in [0.15, 0.2) is 65.7 Å². The molecule has 2 N–H and O–H groups in total. The van der Waals surface area contributed by atoms with Crippen molar-refractivity contribution in [3.8, 4) is 17.1 Å². The number of ether oxygens (including phenoxy) is 1. The molecule has 8 nitrogen and oxygen atoms in total. The summed E-state index contributed by atoms with van der Waals surface area (Å²) in [6.07, 6.45) is 5.27. The van der Waals surface area contributed by atoms with E-state index < -0.39 is 0 Å². The predicted molar refractivity (Wildman–Crippen MR) is 136 cm³/mol. The zero-order chi connectivity index (χ0) is 24.4. The Morgan fingerprint density at radius 3 is 2.54 bits per heavy atom. The number of aromatic amines is 1. The zero-order valence-electron chi connectivity index (χ0n) is 19.7. The number of hydrogen-bond acceptors (Lipinski definition) is 6. The second-order valence-corrected chi connectivity index (χ2v) is 8.74. The summed E-state index contributed by atoms with van der Waals surface area (Å²) >= 11 is 0. The van der Waals surface area contributed by atoms with Crippen molar-refractivity contribution in [2.24, 2.45) is 0 Å². The van der Waals surface area contributed by atoms with Gasteiger partial charge in [0.1, 0.15) is 5.82 Å². The molecule has 0 saturated carbocycles. The van der Waals surface area contributed by atoms with Crippen LogP contribution in [0.5, 0.6) is 5.88 Å². The molecule has 0 atom stereocenters. The van der Waals surface area contributed by atoms with Crippen LogP contribution in [0, 0.1) is 0 Å². The van der Waals surface area contributed by atoms with Gasteiger partial charge in [0.05, 0.1) is 18.2 Å². The smallest absolute Gasteiger partial charge is 0.259 e. The number of likely N-dealkylation sites (tertiary alicyclic amines) is 1. The number of nitrogens with zero attached hydrogens (tertiary/aromatic N) is 3.